The van der Waals surface area contributed by atoms with E-state index in [1.54, 1.807) is 24.3 Å². The van der Waals surface area contributed by atoms with Gasteiger partial charge in [-0.2, -0.15) is 0 Å². The smallest absolute Gasteiger partial charge is 0.315 e. The van der Waals surface area contributed by atoms with Gasteiger partial charge in [-0.15, -0.1) is 0 Å². The number of carbonyl (C=O) groups is 2. The van der Waals surface area contributed by atoms with Gasteiger partial charge in [-0.3, -0.25) is 4.79 Å². The third kappa shape index (κ3) is 8.49. The van der Waals surface area contributed by atoms with E-state index in [4.69, 9.17) is 16.3 Å². The van der Waals surface area contributed by atoms with E-state index in [1.165, 1.54) is 0 Å². The molecule has 0 aliphatic heterocycles. The lowest BCUT2D eigenvalue weighted by molar-refractivity contribution is -0.115. The molecule has 0 radical (unpaired) electrons. The first-order valence-electron chi connectivity index (χ1n) is 7.16. The molecule has 0 aliphatic carbocycles. The Morgan fingerprint density at radius 2 is 1.86 bits per heavy atom. The number of anilines is 1. The highest BCUT2D eigenvalue weighted by Gasteiger charge is 2.05. The van der Waals surface area contributed by atoms with E-state index in [-0.39, 0.29) is 24.6 Å². The third-order valence-electron chi connectivity index (χ3n) is 2.60. The average Bonchev–Trinajstić information content (AvgIpc) is 2.47. The molecule has 1 aromatic carbocycles. The van der Waals surface area contributed by atoms with Gasteiger partial charge in [0.25, 0.3) is 0 Å². The Morgan fingerprint density at radius 3 is 2.50 bits per heavy atom. The zero-order chi connectivity index (χ0) is 16.4. The summed E-state index contributed by atoms with van der Waals surface area (Å²) in [4.78, 5) is 23.1. The first kappa shape index (κ1) is 18.3. The minimum absolute atomic E-state index is 0.100. The van der Waals surface area contributed by atoms with Gasteiger partial charge in [0, 0.05) is 23.9 Å². The number of hydrogen-bond acceptors (Lipinski definition) is 3. The minimum Gasteiger partial charge on any atom is -0.379 e. The SMILES string of the molecule is CC(C)OCCCNC(=O)NCC(=O)Nc1ccc(Cl)cc1. The van der Waals surface area contributed by atoms with Gasteiger partial charge in [0.2, 0.25) is 5.91 Å². The van der Waals surface area contributed by atoms with Gasteiger partial charge >= 0.3 is 6.03 Å². The Hall–Kier alpha value is -1.79. The molecule has 0 unspecified atom stereocenters. The molecule has 0 bridgehead atoms. The third-order valence-corrected chi connectivity index (χ3v) is 2.85. The Balaban J connectivity index is 2.12. The summed E-state index contributed by atoms with van der Waals surface area (Å²) in [5, 5.41) is 8.39. The van der Waals surface area contributed by atoms with Crippen molar-refractivity contribution in [2.24, 2.45) is 0 Å². The number of urea groups is 1. The van der Waals surface area contributed by atoms with E-state index < -0.39 is 0 Å². The molecule has 0 aromatic heterocycles. The summed E-state index contributed by atoms with van der Waals surface area (Å²) < 4.78 is 5.35. The van der Waals surface area contributed by atoms with Crippen LogP contribution in [0.1, 0.15) is 20.3 Å². The van der Waals surface area contributed by atoms with Crippen molar-refractivity contribution < 1.29 is 14.3 Å². The second-order valence-corrected chi connectivity index (χ2v) is 5.37. The van der Waals surface area contributed by atoms with Gasteiger partial charge in [0.1, 0.15) is 0 Å². The number of carbonyl (C=O) groups excluding carboxylic acids is 2. The van der Waals surface area contributed by atoms with Gasteiger partial charge < -0.3 is 20.7 Å². The van der Waals surface area contributed by atoms with Crippen molar-refractivity contribution >= 4 is 29.2 Å². The van der Waals surface area contributed by atoms with Gasteiger partial charge in [-0.1, -0.05) is 11.6 Å². The summed E-state index contributed by atoms with van der Waals surface area (Å²) in [5.41, 5.74) is 0.627. The Morgan fingerprint density at radius 1 is 1.18 bits per heavy atom. The summed E-state index contributed by atoms with van der Waals surface area (Å²) in [6.07, 6.45) is 0.910. The number of amides is 3. The molecule has 22 heavy (non-hydrogen) atoms. The molecule has 7 heteroatoms. The summed E-state index contributed by atoms with van der Waals surface area (Å²) in [7, 11) is 0. The number of ether oxygens (including phenoxy) is 1. The van der Waals surface area contributed by atoms with Crippen LogP contribution in [0.4, 0.5) is 10.5 Å². The molecule has 3 amide bonds. The van der Waals surface area contributed by atoms with E-state index in [0.29, 0.717) is 23.9 Å². The first-order valence-corrected chi connectivity index (χ1v) is 7.54. The second kappa shape index (κ2) is 10.0. The lowest BCUT2D eigenvalue weighted by atomic mass is 10.3. The Labute approximate surface area is 135 Å². The van der Waals surface area contributed by atoms with Crippen LogP contribution in [0.5, 0.6) is 0 Å². The van der Waals surface area contributed by atoms with Crippen molar-refractivity contribution in [2.75, 3.05) is 25.0 Å². The Bertz CT molecular complexity index is 477. The van der Waals surface area contributed by atoms with E-state index in [1.807, 2.05) is 13.8 Å². The molecule has 3 N–H and O–H groups in total. The number of benzene rings is 1. The summed E-state index contributed by atoms with van der Waals surface area (Å²) >= 11 is 5.75. The largest absolute Gasteiger partial charge is 0.379 e. The minimum atomic E-state index is -0.379. The van der Waals surface area contributed by atoms with E-state index in [9.17, 15) is 9.59 Å². The van der Waals surface area contributed by atoms with E-state index in [2.05, 4.69) is 16.0 Å². The number of halogens is 1. The Kier molecular flexibility index (Phi) is 8.32. The molecule has 0 saturated carbocycles. The monoisotopic (exact) mass is 327 g/mol. The van der Waals surface area contributed by atoms with Gasteiger partial charge in [-0.25, -0.2) is 4.79 Å². The zero-order valence-corrected chi connectivity index (χ0v) is 13.6. The fraction of sp³-hybridized carbons (Fsp3) is 0.467. The highest BCUT2D eigenvalue weighted by Crippen LogP contribution is 2.12. The topological polar surface area (TPSA) is 79.5 Å². The molecule has 1 aromatic rings. The predicted molar refractivity (Wildman–Crippen MR) is 87.2 cm³/mol. The molecular formula is C15H22ClN3O3. The lowest BCUT2D eigenvalue weighted by Crippen LogP contribution is -2.40. The summed E-state index contributed by atoms with van der Waals surface area (Å²) in [6.45, 7) is 4.90. The van der Waals surface area contributed by atoms with Crippen LogP contribution >= 0.6 is 11.6 Å². The average molecular weight is 328 g/mol. The van der Waals surface area contributed by atoms with Gasteiger partial charge in [0.05, 0.1) is 12.6 Å². The van der Waals surface area contributed by atoms with Crippen molar-refractivity contribution in [3.63, 3.8) is 0 Å². The molecule has 0 heterocycles. The fourth-order valence-corrected chi connectivity index (χ4v) is 1.68. The fourth-order valence-electron chi connectivity index (χ4n) is 1.55. The van der Waals surface area contributed by atoms with Gasteiger partial charge in [-0.05, 0) is 44.5 Å². The second-order valence-electron chi connectivity index (χ2n) is 4.94. The predicted octanol–water partition coefficient (Wildman–Crippen LogP) is 2.39. The van der Waals surface area contributed by atoms with Crippen molar-refractivity contribution in [2.45, 2.75) is 26.4 Å². The molecule has 122 valence electrons. The zero-order valence-electron chi connectivity index (χ0n) is 12.8. The highest BCUT2D eigenvalue weighted by molar-refractivity contribution is 6.30. The molecule has 0 atom stereocenters. The van der Waals surface area contributed by atoms with Crippen LogP contribution in [0, 0.1) is 0 Å². The quantitative estimate of drug-likeness (QED) is 0.641. The van der Waals surface area contributed by atoms with Crippen LogP contribution in [0.15, 0.2) is 24.3 Å². The number of rotatable bonds is 8. The maximum absolute atomic E-state index is 11.6. The molecule has 0 fully saturated rings. The number of nitrogens with one attached hydrogen (secondary N) is 3. The molecule has 0 spiro atoms. The van der Waals surface area contributed by atoms with Crippen molar-refractivity contribution in [1.82, 2.24) is 10.6 Å². The molecular weight excluding hydrogens is 306 g/mol. The van der Waals surface area contributed by atoms with Gasteiger partial charge in [0.15, 0.2) is 0 Å². The highest BCUT2D eigenvalue weighted by atomic mass is 35.5. The first-order chi connectivity index (χ1) is 10.5. The van der Waals surface area contributed by atoms with Crippen LogP contribution in [-0.2, 0) is 9.53 Å². The van der Waals surface area contributed by atoms with Crippen molar-refractivity contribution in [1.29, 1.82) is 0 Å². The molecule has 0 saturated heterocycles. The summed E-state index contributed by atoms with van der Waals surface area (Å²) in [6, 6.07) is 6.35. The van der Waals surface area contributed by atoms with Crippen molar-refractivity contribution in [3.05, 3.63) is 29.3 Å². The van der Waals surface area contributed by atoms with E-state index >= 15 is 0 Å². The molecule has 6 nitrogen and oxygen atoms in total. The molecule has 1 rings (SSSR count). The normalized spacial score (nSPS) is 10.4. The molecule has 0 aliphatic rings. The van der Waals surface area contributed by atoms with Crippen LogP contribution in [0.2, 0.25) is 5.02 Å². The van der Waals surface area contributed by atoms with Crippen molar-refractivity contribution in [3.8, 4) is 0 Å². The van der Waals surface area contributed by atoms with Crippen LogP contribution in [0.25, 0.3) is 0 Å². The standard InChI is InChI=1S/C15H22ClN3O3/c1-11(2)22-9-3-8-17-15(21)18-10-14(20)19-13-6-4-12(16)5-7-13/h4-7,11H,3,8-10H2,1-2H3,(H,19,20)(H2,17,18,21). The van der Waals surface area contributed by atoms with Crippen LogP contribution < -0.4 is 16.0 Å². The summed E-state index contributed by atoms with van der Waals surface area (Å²) in [5.74, 6) is -0.305. The van der Waals surface area contributed by atoms with Crippen LogP contribution in [0.3, 0.4) is 0 Å². The number of hydrogen-bond donors (Lipinski definition) is 3. The maximum atomic E-state index is 11.6. The lowest BCUT2D eigenvalue weighted by Gasteiger charge is -2.09. The maximum Gasteiger partial charge on any atom is 0.315 e. The van der Waals surface area contributed by atoms with E-state index in [0.717, 1.165) is 6.42 Å². The van der Waals surface area contributed by atoms with Crippen LogP contribution in [-0.4, -0.2) is 37.7 Å².